The highest BCUT2D eigenvalue weighted by Crippen LogP contribution is 2.23. The lowest BCUT2D eigenvalue weighted by atomic mass is 10.1. The first kappa shape index (κ1) is 20.1. The SMILES string of the molecule is COc1cc(C(=O)N2C[C@@H]3COC[C@H](C2)N(C(=O)c2nc(OC)n(C)n2)C3)ccn1. The van der Waals surface area contributed by atoms with Gasteiger partial charge in [-0.1, -0.05) is 0 Å². The van der Waals surface area contributed by atoms with E-state index in [1.165, 1.54) is 18.9 Å². The number of aromatic nitrogens is 4. The van der Waals surface area contributed by atoms with Gasteiger partial charge in [-0.15, -0.1) is 5.10 Å². The van der Waals surface area contributed by atoms with Crippen molar-refractivity contribution in [2.24, 2.45) is 13.0 Å². The summed E-state index contributed by atoms with van der Waals surface area (Å²) < 4.78 is 17.4. The smallest absolute Gasteiger partial charge is 0.314 e. The van der Waals surface area contributed by atoms with Crippen LogP contribution in [0.15, 0.2) is 18.3 Å². The van der Waals surface area contributed by atoms with Crippen molar-refractivity contribution >= 4 is 11.8 Å². The Balaban J connectivity index is 1.57. The zero-order valence-corrected chi connectivity index (χ0v) is 17.1. The van der Waals surface area contributed by atoms with Crippen molar-refractivity contribution in [2.45, 2.75) is 6.04 Å². The van der Waals surface area contributed by atoms with Crippen molar-refractivity contribution in [3.05, 3.63) is 29.7 Å². The van der Waals surface area contributed by atoms with Gasteiger partial charge in [0.05, 0.1) is 33.5 Å². The lowest BCUT2D eigenvalue weighted by molar-refractivity contribution is 0.0377. The fourth-order valence-electron chi connectivity index (χ4n) is 3.86. The van der Waals surface area contributed by atoms with Gasteiger partial charge in [-0.3, -0.25) is 9.59 Å². The molecule has 0 N–H and O–H groups in total. The zero-order valence-electron chi connectivity index (χ0n) is 17.1. The van der Waals surface area contributed by atoms with E-state index < -0.39 is 0 Å². The van der Waals surface area contributed by atoms with Gasteiger partial charge in [0.1, 0.15) is 0 Å². The minimum atomic E-state index is -0.299. The second-order valence-corrected chi connectivity index (χ2v) is 7.36. The van der Waals surface area contributed by atoms with Crippen LogP contribution in [0, 0.1) is 5.92 Å². The maximum Gasteiger partial charge on any atom is 0.314 e. The number of hydrogen-bond donors (Lipinski definition) is 0. The topological polar surface area (TPSA) is 112 Å². The fourth-order valence-corrected chi connectivity index (χ4v) is 3.86. The van der Waals surface area contributed by atoms with Crippen molar-refractivity contribution in [3.63, 3.8) is 0 Å². The van der Waals surface area contributed by atoms with Crippen LogP contribution in [0.5, 0.6) is 11.9 Å². The number of ether oxygens (including phenoxy) is 3. The van der Waals surface area contributed by atoms with Crippen molar-refractivity contribution in [1.82, 2.24) is 29.5 Å². The Kier molecular flexibility index (Phi) is 5.53. The molecule has 2 saturated heterocycles. The molecule has 2 amide bonds. The predicted molar refractivity (Wildman–Crippen MR) is 103 cm³/mol. The number of amides is 2. The van der Waals surface area contributed by atoms with Crippen LogP contribution >= 0.6 is 0 Å². The molecule has 2 aliphatic rings. The minimum absolute atomic E-state index is 0.0141. The summed E-state index contributed by atoms with van der Waals surface area (Å²) in [4.78, 5) is 38.0. The van der Waals surface area contributed by atoms with E-state index in [0.717, 1.165) is 0 Å². The number of nitrogens with zero attached hydrogens (tertiary/aromatic N) is 6. The van der Waals surface area contributed by atoms with Crippen molar-refractivity contribution in [2.75, 3.05) is 47.1 Å². The monoisotopic (exact) mass is 416 g/mol. The van der Waals surface area contributed by atoms with E-state index in [1.54, 1.807) is 35.2 Å². The van der Waals surface area contributed by atoms with E-state index in [-0.39, 0.29) is 35.6 Å². The molecule has 0 unspecified atom stereocenters. The van der Waals surface area contributed by atoms with Gasteiger partial charge in [0.2, 0.25) is 11.7 Å². The van der Waals surface area contributed by atoms with E-state index in [2.05, 4.69) is 15.1 Å². The second kappa shape index (κ2) is 8.27. The first-order valence-electron chi connectivity index (χ1n) is 9.63. The van der Waals surface area contributed by atoms with Crippen LogP contribution in [-0.4, -0.2) is 94.5 Å². The van der Waals surface area contributed by atoms with E-state index in [9.17, 15) is 9.59 Å². The number of methoxy groups -OCH3 is 2. The number of pyridine rings is 1. The predicted octanol–water partition coefficient (Wildman–Crippen LogP) is -0.159. The molecular weight excluding hydrogens is 392 g/mol. The zero-order chi connectivity index (χ0) is 21.3. The van der Waals surface area contributed by atoms with Gasteiger partial charge in [0, 0.05) is 50.4 Å². The molecule has 4 rings (SSSR count). The third-order valence-electron chi connectivity index (χ3n) is 5.31. The van der Waals surface area contributed by atoms with Crippen LogP contribution in [0.1, 0.15) is 21.0 Å². The normalized spacial score (nSPS) is 21.2. The molecule has 2 aliphatic heterocycles. The summed E-state index contributed by atoms with van der Waals surface area (Å²) in [6.07, 6.45) is 1.55. The highest BCUT2D eigenvalue weighted by molar-refractivity contribution is 5.95. The standard InChI is InChI=1S/C19H24N6O5/c1-23-19(29-3)21-16(22-23)18(27)25-8-12-7-24(9-14(25)11-30-10-12)17(26)13-4-5-20-15(6-13)28-2/h4-6,12,14H,7-11H2,1-3H3/t12-,14-/m0/s1. The van der Waals surface area contributed by atoms with Gasteiger partial charge < -0.3 is 24.0 Å². The average Bonchev–Trinajstić information content (AvgIpc) is 2.90. The Bertz CT molecular complexity index is 947. The molecule has 2 atom stereocenters. The van der Waals surface area contributed by atoms with Gasteiger partial charge in [-0.25, -0.2) is 9.67 Å². The van der Waals surface area contributed by atoms with Crippen molar-refractivity contribution in [1.29, 1.82) is 0 Å². The van der Waals surface area contributed by atoms with Crippen LogP contribution in [0.25, 0.3) is 0 Å². The minimum Gasteiger partial charge on any atom is -0.481 e. The molecule has 0 aromatic carbocycles. The Morgan fingerprint density at radius 1 is 1.13 bits per heavy atom. The molecule has 0 aliphatic carbocycles. The lowest BCUT2D eigenvalue weighted by Gasteiger charge is -2.30. The molecular formula is C19H24N6O5. The summed E-state index contributed by atoms with van der Waals surface area (Å²) in [6, 6.07) is 3.24. The third-order valence-corrected chi connectivity index (χ3v) is 5.31. The first-order valence-corrected chi connectivity index (χ1v) is 9.63. The van der Waals surface area contributed by atoms with Crippen LogP contribution < -0.4 is 9.47 Å². The number of carbonyl (C=O) groups excluding carboxylic acids is 2. The van der Waals surface area contributed by atoms with Gasteiger partial charge in [-0.05, 0) is 6.07 Å². The van der Waals surface area contributed by atoms with Crippen LogP contribution in [0.2, 0.25) is 0 Å². The number of rotatable bonds is 4. The molecule has 2 aromatic heterocycles. The van der Waals surface area contributed by atoms with E-state index in [1.807, 2.05) is 0 Å². The summed E-state index contributed by atoms with van der Waals surface area (Å²) >= 11 is 0. The summed E-state index contributed by atoms with van der Waals surface area (Å²) in [5.41, 5.74) is 0.497. The van der Waals surface area contributed by atoms with Crippen molar-refractivity contribution < 1.29 is 23.8 Å². The van der Waals surface area contributed by atoms with Gasteiger partial charge in [0.25, 0.3) is 11.8 Å². The Labute approximate surface area is 173 Å². The number of carbonyl (C=O) groups is 2. The summed E-state index contributed by atoms with van der Waals surface area (Å²) in [5.74, 6) is 0.0124. The molecule has 2 bridgehead atoms. The second-order valence-electron chi connectivity index (χ2n) is 7.36. The Morgan fingerprint density at radius 3 is 2.70 bits per heavy atom. The number of fused-ring (bicyclic) bond motifs is 3. The molecule has 0 saturated carbocycles. The van der Waals surface area contributed by atoms with Gasteiger partial charge in [0.15, 0.2) is 0 Å². The van der Waals surface area contributed by atoms with Crippen LogP contribution in [0.3, 0.4) is 0 Å². The molecule has 0 spiro atoms. The average molecular weight is 416 g/mol. The number of aryl methyl sites for hydroxylation is 1. The van der Waals surface area contributed by atoms with Crippen LogP contribution in [-0.2, 0) is 11.8 Å². The lowest BCUT2D eigenvalue weighted by Crippen LogP contribution is -2.48. The quantitative estimate of drug-likeness (QED) is 0.676. The maximum absolute atomic E-state index is 13.2. The van der Waals surface area contributed by atoms with E-state index in [0.29, 0.717) is 44.3 Å². The molecule has 2 aromatic rings. The molecule has 160 valence electrons. The molecule has 11 nitrogen and oxygen atoms in total. The van der Waals surface area contributed by atoms with Crippen molar-refractivity contribution in [3.8, 4) is 11.9 Å². The summed E-state index contributed by atoms with van der Waals surface area (Å²) in [6.45, 7) is 2.13. The van der Waals surface area contributed by atoms with E-state index in [4.69, 9.17) is 14.2 Å². The highest BCUT2D eigenvalue weighted by Gasteiger charge is 2.39. The van der Waals surface area contributed by atoms with E-state index >= 15 is 0 Å². The molecule has 0 radical (unpaired) electrons. The summed E-state index contributed by atoms with van der Waals surface area (Å²) in [7, 11) is 4.65. The molecule has 11 heteroatoms. The first-order chi connectivity index (χ1) is 14.5. The maximum atomic E-state index is 13.2. The Hall–Kier alpha value is -3.21. The number of hydrogen-bond acceptors (Lipinski definition) is 8. The van der Waals surface area contributed by atoms with Gasteiger partial charge >= 0.3 is 6.01 Å². The molecule has 4 heterocycles. The van der Waals surface area contributed by atoms with Crippen LogP contribution in [0.4, 0.5) is 0 Å². The molecule has 2 fully saturated rings. The largest absolute Gasteiger partial charge is 0.481 e. The third kappa shape index (κ3) is 3.80. The summed E-state index contributed by atoms with van der Waals surface area (Å²) in [5, 5.41) is 4.17. The highest BCUT2D eigenvalue weighted by atomic mass is 16.5. The molecule has 30 heavy (non-hydrogen) atoms. The van der Waals surface area contributed by atoms with Gasteiger partial charge in [-0.2, -0.15) is 4.98 Å². The fraction of sp³-hybridized carbons (Fsp3) is 0.526. The Morgan fingerprint density at radius 2 is 1.97 bits per heavy atom.